The minimum Gasteiger partial charge on any atom is -0.454 e. The molecule has 1 amide bonds. The van der Waals surface area contributed by atoms with E-state index < -0.39 is 0 Å². The lowest BCUT2D eigenvalue weighted by molar-refractivity contribution is 0.0931. The van der Waals surface area contributed by atoms with E-state index in [9.17, 15) is 4.79 Å². The Bertz CT molecular complexity index is 750. The van der Waals surface area contributed by atoms with E-state index in [1.165, 1.54) is 6.42 Å². The molecule has 1 aromatic heterocycles. The van der Waals surface area contributed by atoms with Crippen molar-refractivity contribution in [2.75, 3.05) is 0 Å². The van der Waals surface area contributed by atoms with Gasteiger partial charge >= 0.3 is 0 Å². The number of hydrogen-bond donors (Lipinski definition) is 2. The van der Waals surface area contributed by atoms with Crippen LogP contribution < -0.4 is 15.4 Å². The number of benzene rings is 1. The van der Waals surface area contributed by atoms with E-state index in [-0.39, 0.29) is 11.9 Å². The average Bonchev–Trinajstić information content (AvgIpc) is 3.20. The monoisotopic (exact) mass is 343 g/mol. The predicted octanol–water partition coefficient (Wildman–Crippen LogP) is 3.15. The van der Waals surface area contributed by atoms with Crippen molar-refractivity contribution in [2.45, 2.75) is 37.4 Å². The van der Waals surface area contributed by atoms with Crippen molar-refractivity contribution in [1.82, 2.24) is 15.6 Å². The van der Waals surface area contributed by atoms with Crippen LogP contribution in [0.5, 0.6) is 11.5 Å². The Kier molecular flexibility index (Phi) is 4.12. The van der Waals surface area contributed by atoms with Gasteiger partial charge in [-0.1, -0.05) is 11.6 Å². The average molecular weight is 344 g/mol. The van der Waals surface area contributed by atoms with E-state index in [1.807, 2.05) is 0 Å². The van der Waals surface area contributed by atoms with Crippen LogP contribution >= 0.6 is 11.6 Å². The number of aromatic nitrogens is 1. The van der Waals surface area contributed by atoms with Gasteiger partial charge in [0.15, 0.2) is 10.9 Å². The summed E-state index contributed by atoms with van der Waals surface area (Å²) in [4.78, 5) is 16.4. The molecular formula is C18H18ClN3O2. The maximum atomic E-state index is 12.4. The fraction of sp³-hybridized carbons (Fsp3) is 0.333. The van der Waals surface area contributed by atoms with Crippen molar-refractivity contribution >= 4 is 17.5 Å². The smallest absolute Gasteiger partial charge is 0.251 e. The molecule has 124 valence electrons. The molecule has 0 aliphatic carbocycles. The second-order valence-electron chi connectivity index (χ2n) is 6.28. The fourth-order valence-corrected chi connectivity index (χ4v) is 3.64. The van der Waals surface area contributed by atoms with Gasteiger partial charge in [0.2, 0.25) is 0 Å². The molecule has 6 heteroatoms. The summed E-state index contributed by atoms with van der Waals surface area (Å²) in [5.74, 6) is 1.06. The van der Waals surface area contributed by atoms with Crippen LogP contribution in [0.15, 0.2) is 42.6 Å². The van der Waals surface area contributed by atoms with Gasteiger partial charge in [0, 0.05) is 29.9 Å². The summed E-state index contributed by atoms with van der Waals surface area (Å²) < 4.78 is 5.68. The van der Waals surface area contributed by atoms with Crippen molar-refractivity contribution in [2.24, 2.45) is 0 Å². The molecule has 24 heavy (non-hydrogen) atoms. The van der Waals surface area contributed by atoms with Crippen LogP contribution in [0.4, 0.5) is 0 Å². The van der Waals surface area contributed by atoms with Gasteiger partial charge in [0.1, 0.15) is 5.75 Å². The molecule has 2 N–H and O–H groups in total. The van der Waals surface area contributed by atoms with Crippen LogP contribution in [0.1, 0.15) is 29.6 Å². The van der Waals surface area contributed by atoms with E-state index >= 15 is 0 Å². The summed E-state index contributed by atoms with van der Waals surface area (Å²) in [7, 11) is 0. The van der Waals surface area contributed by atoms with Crippen LogP contribution in [0.25, 0.3) is 0 Å². The number of amides is 1. The molecule has 2 aliphatic heterocycles. The Hall–Kier alpha value is -2.11. The van der Waals surface area contributed by atoms with E-state index in [4.69, 9.17) is 16.3 Å². The lowest BCUT2D eigenvalue weighted by atomic mass is 9.95. The first-order valence-corrected chi connectivity index (χ1v) is 8.52. The number of rotatable bonds is 4. The van der Waals surface area contributed by atoms with Gasteiger partial charge in [-0.25, -0.2) is 4.98 Å². The predicted molar refractivity (Wildman–Crippen MR) is 91.6 cm³/mol. The molecule has 3 atom stereocenters. The molecule has 2 saturated heterocycles. The molecule has 0 saturated carbocycles. The standard InChI is InChI=1S/C18H18ClN3O2/c19-17-16(2-1-9-20-17)24-13-6-3-11(4-7-13)18(23)22-15-10-12-5-8-14(15)21-12/h1-4,6-7,9,12,14-15,21H,5,8,10H2,(H,22,23). The van der Waals surface area contributed by atoms with Crippen molar-refractivity contribution < 1.29 is 9.53 Å². The van der Waals surface area contributed by atoms with Crippen molar-refractivity contribution in [3.63, 3.8) is 0 Å². The van der Waals surface area contributed by atoms with Crippen molar-refractivity contribution in [1.29, 1.82) is 0 Å². The first kappa shape index (κ1) is 15.4. The first-order valence-electron chi connectivity index (χ1n) is 8.14. The largest absolute Gasteiger partial charge is 0.454 e. The van der Waals surface area contributed by atoms with Gasteiger partial charge < -0.3 is 15.4 Å². The number of carbonyl (C=O) groups is 1. The minimum absolute atomic E-state index is 0.0414. The molecule has 2 fully saturated rings. The normalized spacial score (nSPS) is 24.8. The number of hydrogen-bond acceptors (Lipinski definition) is 4. The van der Waals surface area contributed by atoms with Gasteiger partial charge in [0.25, 0.3) is 5.91 Å². The van der Waals surface area contributed by atoms with E-state index in [0.29, 0.717) is 34.3 Å². The zero-order valence-electron chi connectivity index (χ0n) is 13.0. The number of halogens is 1. The van der Waals surface area contributed by atoms with E-state index in [0.717, 1.165) is 12.8 Å². The van der Waals surface area contributed by atoms with Gasteiger partial charge in [-0.2, -0.15) is 0 Å². The van der Waals surface area contributed by atoms with Crippen LogP contribution in [-0.4, -0.2) is 29.0 Å². The summed E-state index contributed by atoms with van der Waals surface area (Å²) >= 11 is 5.98. The Morgan fingerprint density at radius 2 is 2.08 bits per heavy atom. The zero-order valence-corrected chi connectivity index (χ0v) is 13.8. The molecule has 4 rings (SSSR count). The molecule has 2 aromatic rings. The number of ether oxygens (including phenoxy) is 1. The molecule has 3 unspecified atom stereocenters. The summed E-state index contributed by atoms with van der Waals surface area (Å²) in [6.45, 7) is 0. The van der Waals surface area contributed by atoms with Crippen molar-refractivity contribution in [3.8, 4) is 11.5 Å². The fourth-order valence-electron chi connectivity index (χ4n) is 3.48. The summed E-state index contributed by atoms with van der Waals surface area (Å²) in [6, 6.07) is 11.8. The van der Waals surface area contributed by atoms with Crippen LogP contribution in [0, 0.1) is 0 Å². The third-order valence-electron chi connectivity index (χ3n) is 4.69. The van der Waals surface area contributed by atoms with Crippen LogP contribution in [0.3, 0.4) is 0 Å². The highest BCUT2D eigenvalue weighted by atomic mass is 35.5. The highest BCUT2D eigenvalue weighted by Gasteiger charge is 2.39. The maximum absolute atomic E-state index is 12.4. The number of carbonyl (C=O) groups excluding carboxylic acids is 1. The zero-order chi connectivity index (χ0) is 16.5. The van der Waals surface area contributed by atoms with Gasteiger partial charge in [0.05, 0.1) is 0 Å². The second kappa shape index (κ2) is 6.42. The molecule has 0 spiro atoms. The molecular weight excluding hydrogens is 326 g/mol. The van der Waals surface area contributed by atoms with Gasteiger partial charge in [-0.05, 0) is 55.7 Å². The van der Waals surface area contributed by atoms with Crippen LogP contribution in [-0.2, 0) is 0 Å². The second-order valence-corrected chi connectivity index (χ2v) is 6.64. The van der Waals surface area contributed by atoms with Gasteiger partial charge in [-0.15, -0.1) is 0 Å². The molecule has 2 bridgehead atoms. The molecule has 2 aliphatic rings. The minimum atomic E-state index is -0.0414. The molecule has 0 radical (unpaired) electrons. The third kappa shape index (κ3) is 3.09. The molecule has 3 heterocycles. The van der Waals surface area contributed by atoms with Gasteiger partial charge in [-0.3, -0.25) is 4.79 Å². The Morgan fingerprint density at radius 1 is 1.25 bits per heavy atom. The Balaban J connectivity index is 1.40. The Labute approximate surface area is 145 Å². The van der Waals surface area contributed by atoms with E-state index in [2.05, 4.69) is 15.6 Å². The lowest BCUT2D eigenvalue weighted by Crippen LogP contribution is -2.42. The third-order valence-corrected chi connectivity index (χ3v) is 4.97. The lowest BCUT2D eigenvalue weighted by Gasteiger charge is -2.21. The maximum Gasteiger partial charge on any atom is 0.251 e. The van der Waals surface area contributed by atoms with E-state index in [1.54, 1.807) is 42.6 Å². The number of nitrogens with one attached hydrogen (secondary N) is 2. The summed E-state index contributed by atoms with van der Waals surface area (Å²) in [5, 5.41) is 6.96. The first-order chi connectivity index (χ1) is 11.7. The highest BCUT2D eigenvalue weighted by Crippen LogP contribution is 2.29. The number of fused-ring (bicyclic) bond motifs is 2. The highest BCUT2D eigenvalue weighted by molar-refractivity contribution is 6.30. The summed E-state index contributed by atoms with van der Waals surface area (Å²) in [6.07, 6.45) is 5.00. The van der Waals surface area contributed by atoms with Crippen LogP contribution in [0.2, 0.25) is 5.15 Å². The van der Waals surface area contributed by atoms with Crippen molar-refractivity contribution in [3.05, 3.63) is 53.3 Å². The number of nitrogens with zero attached hydrogens (tertiary/aromatic N) is 1. The Morgan fingerprint density at radius 3 is 2.75 bits per heavy atom. The molecule has 5 nitrogen and oxygen atoms in total. The molecule has 1 aromatic carbocycles. The quantitative estimate of drug-likeness (QED) is 0.837. The SMILES string of the molecule is O=C(NC1CC2CCC1N2)c1ccc(Oc2cccnc2Cl)cc1. The number of pyridine rings is 1. The summed E-state index contributed by atoms with van der Waals surface area (Å²) in [5.41, 5.74) is 0.627. The topological polar surface area (TPSA) is 63.2 Å².